The molecule has 0 radical (unpaired) electrons. The highest BCUT2D eigenvalue weighted by atomic mass is 16.5. The number of rotatable bonds is 3. The average molecular weight is 590 g/mol. The summed E-state index contributed by atoms with van der Waals surface area (Å²) in [6.07, 6.45) is 0.00726. The zero-order valence-electron chi connectivity index (χ0n) is 25.0. The summed E-state index contributed by atoms with van der Waals surface area (Å²) in [4.78, 5) is 6.59. The summed E-state index contributed by atoms with van der Waals surface area (Å²) in [7, 11) is 0. The molecule has 3 heteroatoms. The van der Waals surface area contributed by atoms with Gasteiger partial charge in [0.05, 0.1) is 11.0 Å². The van der Waals surface area contributed by atoms with Crippen molar-refractivity contribution in [2.45, 2.75) is 11.6 Å². The van der Waals surface area contributed by atoms with E-state index in [0.717, 1.165) is 22.9 Å². The Balaban J connectivity index is 1.26. The third kappa shape index (κ3) is 3.43. The van der Waals surface area contributed by atoms with Gasteiger partial charge in [-0.1, -0.05) is 115 Å². The van der Waals surface area contributed by atoms with E-state index in [1.165, 1.54) is 60.3 Å². The largest absolute Gasteiger partial charge is 0.457 e. The standard InChI is InChI=1S/C43H28N2O/c1-3-13-28(14-4-1)41-44-42(45(41)32-17-5-2-6-18-32)31-23-24-33-34-25-29-15-7-8-16-30(29)26-38(34)43(37(33)27-31)35-19-9-11-21-39(35)46-40-22-12-10-20-36(40)43/h1-27,41H/p+1. The number of amidine groups is 1. The van der Waals surface area contributed by atoms with Gasteiger partial charge in [0.2, 0.25) is 12.0 Å². The van der Waals surface area contributed by atoms with E-state index in [-0.39, 0.29) is 6.17 Å². The van der Waals surface area contributed by atoms with Gasteiger partial charge in [-0.25, -0.2) is 4.90 Å². The zero-order chi connectivity index (χ0) is 30.2. The van der Waals surface area contributed by atoms with Crippen LogP contribution in [0.4, 0.5) is 5.69 Å². The molecule has 2 aliphatic heterocycles. The van der Waals surface area contributed by atoms with E-state index in [2.05, 4.69) is 164 Å². The molecule has 2 atom stereocenters. The van der Waals surface area contributed by atoms with Crippen LogP contribution in [0.3, 0.4) is 0 Å². The predicted octanol–water partition coefficient (Wildman–Crippen LogP) is 8.98. The van der Waals surface area contributed by atoms with E-state index in [9.17, 15) is 0 Å². The van der Waals surface area contributed by atoms with E-state index in [4.69, 9.17) is 9.73 Å². The van der Waals surface area contributed by atoms with Crippen LogP contribution in [0.1, 0.15) is 39.5 Å². The molecule has 2 heterocycles. The fraction of sp³-hybridized carbons (Fsp3) is 0.0465. The first kappa shape index (κ1) is 25.5. The molecule has 7 aromatic carbocycles. The van der Waals surface area contributed by atoms with E-state index in [0.29, 0.717) is 0 Å². The number of para-hydroxylation sites is 3. The molecular formula is C43H29N2O+. The molecule has 0 saturated carbocycles. The van der Waals surface area contributed by atoms with Crippen LogP contribution < -0.4 is 9.64 Å². The van der Waals surface area contributed by atoms with Crippen LogP contribution in [0, 0.1) is 0 Å². The number of aliphatic imine (C=N–C) groups is 1. The zero-order valence-corrected chi connectivity index (χ0v) is 25.0. The maximum Gasteiger partial charge on any atom is 0.241 e. The van der Waals surface area contributed by atoms with Crippen molar-refractivity contribution in [3.8, 4) is 22.6 Å². The third-order valence-electron chi connectivity index (χ3n) is 10.1. The lowest BCUT2D eigenvalue weighted by Gasteiger charge is -2.39. The molecule has 46 heavy (non-hydrogen) atoms. The van der Waals surface area contributed by atoms with Crippen molar-refractivity contribution in [1.82, 2.24) is 0 Å². The van der Waals surface area contributed by atoms with Crippen molar-refractivity contribution in [3.05, 3.63) is 197 Å². The molecule has 7 aromatic rings. The second-order valence-corrected chi connectivity index (χ2v) is 12.4. The number of hydrogen-bond acceptors (Lipinski definition) is 2. The quantitative estimate of drug-likeness (QED) is 0.219. The number of nitrogens with one attached hydrogen (secondary N) is 1. The minimum absolute atomic E-state index is 0.00726. The first-order chi connectivity index (χ1) is 22.8. The Morgan fingerprint density at radius 2 is 1.09 bits per heavy atom. The summed E-state index contributed by atoms with van der Waals surface area (Å²) < 4.78 is 6.60. The van der Waals surface area contributed by atoms with Crippen molar-refractivity contribution in [2.24, 2.45) is 4.99 Å². The summed E-state index contributed by atoms with van der Waals surface area (Å²) in [5.41, 5.74) is 10.5. The lowest BCUT2D eigenvalue weighted by atomic mass is 9.65. The van der Waals surface area contributed by atoms with Gasteiger partial charge in [-0.15, -0.1) is 0 Å². The first-order valence-corrected chi connectivity index (χ1v) is 15.9. The minimum Gasteiger partial charge on any atom is -0.457 e. The predicted molar refractivity (Wildman–Crippen MR) is 184 cm³/mol. The molecule has 0 bridgehead atoms. The van der Waals surface area contributed by atoms with Crippen molar-refractivity contribution in [3.63, 3.8) is 0 Å². The van der Waals surface area contributed by atoms with Crippen molar-refractivity contribution >= 4 is 22.3 Å². The molecule has 3 aliphatic rings. The summed E-state index contributed by atoms with van der Waals surface area (Å²) in [6.45, 7) is 0. The first-order valence-electron chi connectivity index (χ1n) is 15.9. The average Bonchev–Trinajstić information content (AvgIpc) is 3.37. The smallest absolute Gasteiger partial charge is 0.241 e. The van der Waals surface area contributed by atoms with Gasteiger partial charge in [-0.05, 0) is 81.6 Å². The molecule has 10 rings (SSSR count). The molecule has 3 nitrogen and oxygen atoms in total. The Kier molecular flexibility index (Phi) is 5.34. The highest BCUT2D eigenvalue weighted by molar-refractivity contribution is 6.01. The molecule has 0 aromatic heterocycles. The molecule has 1 spiro atoms. The van der Waals surface area contributed by atoms with Gasteiger partial charge in [-0.2, -0.15) is 4.99 Å². The Labute approximate surface area is 267 Å². The van der Waals surface area contributed by atoms with Crippen molar-refractivity contribution < 1.29 is 9.64 Å². The van der Waals surface area contributed by atoms with E-state index < -0.39 is 5.41 Å². The number of nitrogens with zero attached hydrogens (tertiary/aromatic N) is 1. The highest BCUT2D eigenvalue weighted by Gasteiger charge is 2.52. The Morgan fingerprint density at radius 1 is 0.500 bits per heavy atom. The van der Waals surface area contributed by atoms with Gasteiger partial charge in [0.15, 0.2) is 0 Å². The van der Waals surface area contributed by atoms with Gasteiger partial charge in [0, 0.05) is 16.7 Å². The third-order valence-corrected chi connectivity index (χ3v) is 10.1. The van der Waals surface area contributed by atoms with Gasteiger partial charge in [0.25, 0.3) is 0 Å². The normalized spacial score (nSPS) is 18.0. The molecule has 0 fully saturated rings. The molecule has 216 valence electrons. The number of hydrogen-bond donors (Lipinski definition) is 1. The maximum atomic E-state index is 6.60. The topological polar surface area (TPSA) is 26.0 Å². The van der Waals surface area contributed by atoms with Crippen LogP contribution in [0.5, 0.6) is 11.5 Å². The SMILES string of the molecule is c1ccc(C2N=C(c3ccc4c(c3)C3(c5ccccc5Oc5ccccc53)c3cc5ccccc5cc3-4)[NH+]2c2ccccc2)cc1. The van der Waals surface area contributed by atoms with Crippen LogP contribution in [0.25, 0.3) is 21.9 Å². The molecule has 2 unspecified atom stereocenters. The maximum absolute atomic E-state index is 6.60. The van der Waals surface area contributed by atoms with Gasteiger partial charge < -0.3 is 4.74 Å². The van der Waals surface area contributed by atoms with Crippen LogP contribution in [-0.4, -0.2) is 5.84 Å². The highest BCUT2D eigenvalue weighted by Crippen LogP contribution is 2.62. The van der Waals surface area contributed by atoms with Gasteiger partial charge in [-0.3, -0.25) is 0 Å². The minimum atomic E-state index is -0.536. The molecule has 0 amide bonds. The van der Waals surface area contributed by atoms with E-state index in [1.807, 2.05) is 0 Å². The summed E-state index contributed by atoms with van der Waals surface area (Å²) >= 11 is 0. The molecular weight excluding hydrogens is 560 g/mol. The second kappa shape index (κ2) is 9.61. The van der Waals surface area contributed by atoms with Crippen molar-refractivity contribution in [1.29, 1.82) is 0 Å². The fourth-order valence-electron chi connectivity index (χ4n) is 8.08. The lowest BCUT2D eigenvalue weighted by Crippen LogP contribution is -3.14. The number of fused-ring (bicyclic) bond motifs is 10. The number of quaternary nitrogens is 1. The Morgan fingerprint density at radius 3 is 1.80 bits per heavy atom. The Bertz CT molecular complexity index is 2310. The van der Waals surface area contributed by atoms with E-state index in [1.54, 1.807) is 0 Å². The van der Waals surface area contributed by atoms with Gasteiger partial charge >= 0.3 is 0 Å². The summed E-state index contributed by atoms with van der Waals surface area (Å²) in [5, 5.41) is 2.49. The van der Waals surface area contributed by atoms with E-state index >= 15 is 0 Å². The fourth-order valence-corrected chi connectivity index (χ4v) is 8.08. The number of benzene rings is 7. The summed E-state index contributed by atoms with van der Waals surface area (Å²) in [5.74, 6) is 2.87. The van der Waals surface area contributed by atoms with Crippen LogP contribution in [0.2, 0.25) is 0 Å². The molecule has 1 N–H and O–H groups in total. The molecule has 1 aliphatic carbocycles. The monoisotopic (exact) mass is 589 g/mol. The second-order valence-electron chi connectivity index (χ2n) is 12.4. The molecule has 0 saturated heterocycles. The van der Waals surface area contributed by atoms with Crippen LogP contribution >= 0.6 is 0 Å². The van der Waals surface area contributed by atoms with Crippen LogP contribution in [0.15, 0.2) is 169 Å². The van der Waals surface area contributed by atoms with Crippen LogP contribution in [-0.2, 0) is 5.41 Å². The Hall–Kier alpha value is -5.77. The lowest BCUT2D eigenvalue weighted by molar-refractivity contribution is -0.792. The summed E-state index contributed by atoms with van der Waals surface area (Å²) in [6, 6.07) is 59.0. The van der Waals surface area contributed by atoms with Gasteiger partial charge in [0.1, 0.15) is 17.2 Å². The van der Waals surface area contributed by atoms with Crippen molar-refractivity contribution in [2.75, 3.05) is 0 Å². The number of ether oxygens (including phenoxy) is 1.